The summed E-state index contributed by atoms with van der Waals surface area (Å²) in [4.78, 5) is 43.7. The molecule has 116 valence electrons. The molecular formula is C13H12N2O7. The second-order valence-corrected chi connectivity index (χ2v) is 4.09. The van der Waals surface area contributed by atoms with E-state index >= 15 is 0 Å². The molecule has 9 nitrogen and oxygen atoms in total. The molecule has 0 saturated heterocycles. The van der Waals surface area contributed by atoms with E-state index in [1.165, 1.54) is 0 Å². The Labute approximate surface area is 124 Å². The summed E-state index contributed by atoms with van der Waals surface area (Å²) in [6, 6.07) is 2.58. The largest absolute Gasteiger partial charge is 0.501 e. The first kappa shape index (κ1) is 17.0. The van der Waals surface area contributed by atoms with Crippen molar-refractivity contribution in [2.24, 2.45) is 0 Å². The molecule has 0 unspecified atom stereocenters. The number of rotatable bonds is 7. The maximum absolute atomic E-state index is 12.3. The third kappa shape index (κ3) is 3.72. The Morgan fingerprint density at radius 3 is 2.32 bits per heavy atom. The number of Topliss-reactive ketones (excluding diaryl/α,β-unsaturated/α-hetero) is 2. The molecular weight excluding hydrogens is 296 g/mol. The highest BCUT2D eigenvalue weighted by Crippen LogP contribution is 2.26. The number of ether oxygens (including phenoxy) is 1. The van der Waals surface area contributed by atoms with Crippen LogP contribution in [-0.4, -0.2) is 28.0 Å². The van der Waals surface area contributed by atoms with Crippen LogP contribution in [0.2, 0.25) is 0 Å². The van der Waals surface area contributed by atoms with Crippen molar-refractivity contribution < 1.29 is 24.2 Å². The molecule has 0 heterocycles. The maximum Gasteiger partial charge on any atom is 0.287 e. The molecule has 0 aliphatic carbocycles. The Hall–Kier alpha value is -3.10. The number of carbonyl (C=O) groups excluding carboxylic acids is 2. The highest BCUT2D eigenvalue weighted by molar-refractivity contribution is 6.26. The zero-order chi connectivity index (χ0) is 16.9. The Morgan fingerprint density at radius 1 is 1.23 bits per heavy atom. The highest BCUT2D eigenvalue weighted by atomic mass is 16.6. The van der Waals surface area contributed by atoms with Gasteiger partial charge in [-0.25, -0.2) is 0 Å². The van der Waals surface area contributed by atoms with Crippen molar-refractivity contribution in [1.82, 2.24) is 0 Å². The van der Waals surface area contributed by atoms with E-state index in [4.69, 9.17) is 4.74 Å². The van der Waals surface area contributed by atoms with Gasteiger partial charge >= 0.3 is 0 Å². The number of nitro groups is 2. The van der Waals surface area contributed by atoms with E-state index in [2.05, 4.69) is 0 Å². The molecule has 1 aromatic rings. The van der Waals surface area contributed by atoms with Crippen LogP contribution in [0.5, 0.6) is 0 Å². The topological polar surface area (TPSA) is 130 Å². The molecule has 22 heavy (non-hydrogen) atoms. The van der Waals surface area contributed by atoms with Crippen molar-refractivity contribution in [2.45, 2.75) is 13.8 Å². The third-order valence-corrected chi connectivity index (χ3v) is 2.63. The number of nitrogens with zero attached hydrogens (tertiary/aromatic N) is 2. The average molecular weight is 308 g/mol. The SMILES string of the molecule is CCOC=C(C(C)=O)C(=O)c1ccc([N+](=O)[O-])cc1[N+](=O)[O-]. The Kier molecular flexibility index (Phi) is 5.44. The fourth-order valence-corrected chi connectivity index (χ4v) is 1.58. The summed E-state index contributed by atoms with van der Waals surface area (Å²) in [6.07, 6.45) is 0.926. The van der Waals surface area contributed by atoms with Gasteiger partial charge in [0.05, 0.1) is 34.4 Å². The predicted molar refractivity (Wildman–Crippen MR) is 74.5 cm³/mol. The van der Waals surface area contributed by atoms with Gasteiger partial charge in [0.25, 0.3) is 11.4 Å². The molecule has 0 fully saturated rings. The highest BCUT2D eigenvalue weighted by Gasteiger charge is 2.27. The summed E-state index contributed by atoms with van der Waals surface area (Å²) < 4.78 is 4.88. The first-order chi connectivity index (χ1) is 10.3. The molecule has 0 aliphatic rings. The number of nitro benzene ring substituents is 2. The van der Waals surface area contributed by atoms with Crippen molar-refractivity contribution in [2.75, 3.05) is 6.61 Å². The van der Waals surface area contributed by atoms with E-state index in [-0.39, 0.29) is 12.2 Å². The monoisotopic (exact) mass is 308 g/mol. The molecule has 9 heteroatoms. The lowest BCUT2D eigenvalue weighted by molar-refractivity contribution is -0.394. The Morgan fingerprint density at radius 2 is 1.86 bits per heavy atom. The molecule has 0 atom stereocenters. The van der Waals surface area contributed by atoms with Gasteiger partial charge in [-0.05, 0) is 19.9 Å². The second kappa shape index (κ2) is 7.07. The molecule has 0 aromatic heterocycles. The molecule has 0 radical (unpaired) electrons. The summed E-state index contributed by atoms with van der Waals surface area (Å²) in [7, 11) is 0. The van der Waals surface area contributed by atoms with E-state index in [0.29, 0.717) is 6.07 Å². The van der Waals surface area contributed by atoms with E-state index in [0.717, 1.165) is 25.3 Å². The average Bonchev–Trinajstić information content (AvgIpc) is 2.46. The van der Waals surface area contributed by atoms with Crippen molar-refractivity contribution in [3.63, 3.8) is 0 Å². The second-order valence-electron chi connectivity index (χ2n) is 4.09. The molecule has 0 saturated carbocycles. The lowest BCUT2D eigenvalue weighted by Gasteiger charge is -2.05. The lowest BCUT2D eigenvalue weighted by atomic mass is 10.00. The maximum atomic E-state index is 12.3. The van der Waals surface area contributed by atoms with Crippen LogP contribution in [0.1, 0.15) is 24.2 Å². The van der Waals surface area contributed by atoms with Crippen molar-refractivity contribution in [3.05, 3.63) is 55.8 Å². The summed E-state index contributed by atoms with van der Waals surface area (Å²) in [5.74, 6) is -1.56. The summed E-state index contributed by atoms with van der Waals surface area (Å²) in [6.45, 7) is 2.94. The van der Waals surface area contributed by atoms with Crippen LogP contribution in [0.4, 0.5) is 11.4 Å². The molecule has 0 aliphatic heterocycles. The summed E-state index contributed by atoms with van der Waals surface area (Å²) >= 11 is 0. The quantitative estimate of drug-likeness (QED) is 0.143. The number of carbonyl (C=O) groups is 2. The number of allylic oxidation sites excluding steroid dienone is 1. The van der Waals surface area contributed by atoms with Crippen molar-refractivity contribution in [1.29, 1.82) is 0 Å². The Balaban J connectivity index is 3.41. The first-order valence-electron chi connectivity index (χ1n) is 6.09. The molecule has 0 bridgehead atoms. The predicted octanol–water partition coefficient (Wildman–Crippen LogP) is 2.20. The van der Waals surface area contributed by atoms with Crippen molar-refractivity contribution in [3.8, 4) is 0 Å². The van der Waals surface area contributed by atoms with Crippen LogP contribution in [0.3, 0.4) is 0 Å². The third-order valence-electron chi connectivity index (χ3n) is 2.63. The number of non-ortho nitro benzene ring substituents is 1. The van der Waals surface area contributed by atoms with Gasteiger partial charge < -0.3 is 4.74 Å². The van der Waals surface area contributed by atoms with Gasteiger partial charge in [0.2, 0.25) is 5.78 Å². The fraction of sp³-hybridized carbons (Fsp3) is 0.231. The molecule has 0 amide bonds. The number of ketones is 2. The van der Waals surface area contributed by atoms with Crippen LogP contribution in [0.15, 0.2) is 30.0 Å². The number of hydrogen-bond donors (Lipinski definition) is 0. The van der Waals surface area contributed by atoms with Gasteiger partial charge in [-0.2, -0.15) is 0 Å². The van der Waals surface area contributed by atoms with Gasteiger partial charge in [-0.15, -0.1) is 0 Å². The molecule has 0 spiro atoms. The zero-order valence-electron chi connectivity index (χ0n) is 11.8. The zero-order valence-corrected chi connectivity index (χ0v) is 11.8. The normalized spacial score (nSPS) is 10.9. The van der Waals surface area contributed by atoms with Gasteiger partial charge in [0.1, 0.15) is 5.56 Å². The summed E-state index contributed by atoms with van der Waals surface area (Å²) in [5.41, 5.74) is -2.07. The standard InChI is InChI=1S/C13H12N2O7/c1-3-22-7-11(8(2)16)13(17)10-5-4-9(14(18)19)6-12(10)15(20)21/h4-7H,3H2,1-2H3. The van der Waals surface area contributed by atoms with Gasteiger partial charge in [0.15, 0.2) is 5.78 Å². The Bertz CT molecular complexity index is 679. The molecule has 1 rings (SSSR count). The minimum Gasteiger partial charge on any atom is -0.501 e. The van der Waals surface area contributed by atoms with E-state index in [1.54, 1.807) is 6.92 Å². The fourth-order valence-electron chi connectivity index (χ4n) is 1.58. The van der Waals surface area contributed by atoms with Crippen LogP contribution >= 0.6 is 0 Å². The minimum atomic E-state index is -0.928. The van der Waals surface area contributed by atoms with Gasteiger partial charge in [-0.1, -0.05) is 0 Å². The number of benzene rings is 1. The smallest absolute Gasteiger partial charge is 0.287 e. The van der Waals surface area contributed by atoms with Crippen LogP contribution in [0, 0.1) is 20.2 Å². The van der Waals surface area contributed by atoms with Gasteiger partial charge in [0, 0.05) is 6.07 Å². The van der Waals surface area contributed by atoms with Crippen LogP contribution in [0.25, 0.3) is 0 Å². The molecule has 1 aromatic carbocycles. The lowest BCUT2D eigenvalue weighted by Crippen LogP contribution is -2.13. The molecule has 0 N–H and O–H groups in total. The van der Waals surface area contributed by atoms with Crippen molar-refractivity contribution >= 4 is 22.9 Å². The van der Waals surface area contributed by atoms with Crippen LogP contribution in [-0.2, 0) is 9.53 Å². The van der Waals surface area contributed by atoms with E-state index < -0.39 is 38.4 Å². The van der Waals surface area contributed by atoms with E-state index in [1.807, 2.05) is 0 Å². The first-order valence-corrected chi connectivity index (χ1v) is 6.09. The summed E-state index contributed by atoms with van der Waals surface area (Å²) in [5, 5.41) is 21.7. The van der Waals surface area contributed by atoms with Crippen LogP contribution < -0.4 is 0 Å². The van der Waals surface area contributed by atoms with Gasteiger partial charge in [-0.3, -0.25) is 29.8 Å². The van der Waals surface area contributed by atoms with E-state index in [9.17, 15) is 29.8 Å². The minimum absolute atomic E-state index is 0.201. The number of hydrogen-bond acceptors (Lipinski definition) is 7.